The van der Waals surface area contributed by atoms with Crippen molar-refractivity contribution >= 4 is 17.7 Å². The van der Waals surface area contributed by atoms with Gasteiger partial charge in [0.15, 0.2) is 0 Å². The van der Waals surface area contributed by atoms with E-state index in [9.17, 15) is 9.90 Å². The molecule has 21 heavy (non-hydrogen) atoms. The Morgan fingerprint density at radius 2 is 2.14 bits per heavy atom. The summed E-state index contributed by atoms with van der Waals surface area (Å²) in [6, 6.07) is 10.3. The number of hydrogen-bond acceptors (Lipinski definition) is 3. The van der Waals surface area contributed by atoms with Gasteiger partial charge in [-0.2, -0.15) is 0 Å². The molecule has 0 spiro atoms. The number of carboxylic acid groups (broad SMARTS) is 1. The molecule has 0 bridgehead atoms. The monoisotopic (exact) mass is 299 g/mol. The van der Waals surface area contributed by atoms with Crippen molar-refractivity contribution in [3.63, 3.8) is 0 Å². The van der Waals surface area contributed by atoms with Crippen LogP contribution in [0.5, 0.6) is 0 Å². The molecule has 0 saturated carbocycles. The van der Waals surface area contributed by atoms with E-state index in [1.165, 1.54) is 11.1 Å². The van der Waals surface area contributed by atoms with Crippen LogP contribution < -0.4 is 0 Å². The van der Waals surface area contributed by atoms with Gasteiger partial charge in [-0.25, -0.2) is 9.78 Å². The molecular formula is C17H17NO2S. The quantitative estimate of drug-likeness (QED) is 0.872. The number of nitrogens with zero attached hydrogens (tertiary/aromatic N) is 1. The third-order valence-electron chi connectivity index (χ3n) is 3.91. The maximum Gasteiger partial charge on any atom is 0.338 e. The third kappa shape index (κ3) is 2.68. The van der Waals surface area contributed by atoms with Crippen molar-refractivity contribution in [3.8, 4) is 0 Å². The van der Waals surface area contributed by atoms with Gasteiger partial charge in [-0.3, -0.25) is 0 Å². The Morgan fingerprint density at radius 3 is 2.86 bits per heavy atom. The van der Waals surface area contributed by atoms with Crippen LogP contribution in [-0.2, 0) is 6.42 Å². The average Bonchev–Trinajstić information content (AvgIpc) is 2.38. The maximum atomic E-state index is 11.4. The van der Waals surface area contributed by atoms with Gasteiger partial charge in [0.25, 0.3) is 0 Å². The van der Waals surface area contributed by atoms with Gasteiger partial charge in [0.1, 0.15) is 5.03 Å². The van der Waals surface area contributed by atoms with E-state index >= 15 is 0 Å². The van der Waals surface area contributed by atoms with Crippen LogP contribution in [0.1, 0.15) is 38.7 Å². The van der Waals surface area contributed by atoms with E-state index in [4.69, 9.17) is 0 Å². The van der Waals surface area contributed by atoms with Gasteiger partial charge in [-0.1, -0.05) is 24.3 Å². The number of fused-ring (bicyclic) bond motifs is 1. The zero-order chi connectivity index (χ0) is 15.0. The fraction of sp³-hybridized carbons (Fsp3) is 0.294. The summed E-state index contributed by atoms with van der Waals surface area (Å²) in [7, 11) is 0. The summed E-state index contributed by atoms with van der Waals surface area (Å²) in [5.41, 5.74) is 4.81. The Morgan fingerprint density at radius 1 is 1.38 bits per heavy atom. The molecule has 4 heteroatoms. The number of pyridine rings is 1. The van der Waals surface area contributed by atoms with Crippen LogP contribution in [0, 0.1) is 13.8 Å². The predicted octanol–water partition coefficient (Wildman–Crippen LogP) is 3.83. The lowest BCUT2D eigenvalue weighted by atomic mass is 9.79. The van der Waals surface area contributed by atoms with Crippen molar-refractivity contribution in [2.75, 3.05) is 5.75 Å². The molecule has 0 radical (unpaired) electrons. The molecule has 1 N–H and O–H groups in total. The molecule has 1 aliphatic carbocycles. The molecule has 108 valence electrons. The molecular weight excluding hydrogens is 282 g/mol. The normalized spacial score (nSPS) is 16.2. The molecule has 0 aliphatic heterocycles. The van der Waals surface area contributed by atoms with Crippen LogP contribution >= 0.6 is 11.8 Å². The number of hydrogen-bond donors (Lipinski definition) is 1. The van der Waals surface area contributed by atoms with Gasteiger partial charge < -0.3 is 5.11 Å². The SMILES string of the molecule is Cc1cc(C)c(C(=O)O)c(SCC2Cc3ccccc32)n1. The highest BCUT2D eigenvalue weighted by Crippen LogP contribution is 2.39. The zero-order valence-electron chi connectivity index (χ0n) is 12.1. The van der Waals surface area contributed by atoms with E-state index in [2.05, 4.69) is 29.2 Å². The fourth-order valence-corrected chi connectivity index (χ4v) is 4.12. The van der Waals surface area contributed by atoms with Gasteiger partial charge in [0.2, 0.25) is 0 Å². The molecule has 1 aromatic carbocycles. The number of aromatic carboxylic acids is 1. The predicted molar refractivity (Wildman–Crippen MR) is 84.3 cm³/mol. The number of benzene rings is 1. The molecule has 2 aromatic rings. The number of thioether (sulfide) groups is 1. The summed E-state index contributed by atoms with van der Waals surface area (Å²) >= 11 is 1.56. The van der Waals surface area contributed by atoms with Crippen LogP contribution in [0.3, 0.4) is 0 Å². The second-order valence-electron chi connectivity index (χ2n) is 5.48. The first-order chi connectivity index (χ1) is 10.1. The average molecular weight is 299 g/mol. The number of rotatable bonds is 4. The van der Waals surface area contributed by atoms with E-state index in [1.54, 1.807) is 11.8 Å². The first-order valence-electron chi connectivity index (χ1n) is 6.98. The Bertz CT molecular complexity index is 712. The summed E-state index contributed by atoms with van der Waals surface area (Å²) in [5, 5.41) is 10.0. The molecule has 3 rings (SSSR count). The molecule has 1 unspecified atom stereocenters. The minimum absolute atomic E-state index is 0.346. The molecule has 1 aromatic heterocycles. The van der Waals surface area contributed by atoms with E-state index in [0.717, 1.165) is 23.4 Å². The van der Waals surface area contributed by atoms with Crippen molar-refractivity contribution < 1.29 is 9.90 Å². The second kappa shape index (κ2) is 5.53. The molecule has 1 atom stereocenters. The molecule has 1 heterocycles. The summed E-state index contributed by atoms with van der Waals surface area (Å²) < 4.78 is 0. The Balaban J connectivity index is 1.79. The van der Waals surface area contributed by atoms with Crippen LogP contribution in [0.2, 0.25) is 0 Å². The van der Waals surface area contributed by atoms with Crippen molar-refractivity contribution in [1.82, 2.24) is 4.98 Å². The smallest absolute Gasteiger partial charge is 0.338 e. The maximum absolute atomic E-state index is 11.4. The van der Waals surface area contributed by atoms with E-state index in [0.29, 0.717) is 16.5 Å². The highest BCUT2D eigenvalue weighted by atomic mass is 32.2. The number of aromatic nitrogens is 1. The minimum Gasteiger partial charge on any atom is -0.478 e. The highest BCUT2D eigenvalue weighted by molar-refractivity contribution is 7.99. The fourth-order valence-electron chi connectivity index (χ4n) is 2.86. The number of carboxylic acids is 1. The van der Waals surface area contributed by atoms with E-state index in [-0.39, 0.29) is 0 Å². The van der Waals surface area contributed by atoms with E-state index in [1.807, 2.05) is 19.9 Å². The van der Waals surface area contributed by atoms with Gasteiger partial charge in [0.05, 0.1) is 5.56 Å². The Labute approximate surface area is 128 Å². The highest BCUT2D eigenvalue weighted by Gasteiger charge is 2.26. The van der Waals surface area contributed by atoms with Gasteiger partial charge in [-0.05, 0) is 48.9 Å². The first-order valence-corrected chi connectivity index (χ1v) is 7.97. The summed E-state index contributed by atoms with van der Waals surface area (Å²) in [5.74, 6) is 0.500. The van der Waals surface area contributed by atoms with Crippen molar-refractivity contribution in [2.45, 2.75) is 31.2 Å². The summed E-state index contributed by atoms with van der Waals surface area (Å²) in [6.45, 7) is 3.74. The molecule has 0 amide bonds. The van der Waals surface area contributed by atoms with Gasteiger partial charge in [0, 0.05) is 11.4 Å². The molecule has 0 fully saturated rings. The first kappa shape index (κ1) is 14.1. The number of carbonyl (C=O) groups is 1. The Hall–Kier alpha value is -1.81. The topological polar surface area (TPSA) is 50.2 Å². The van der Waals surface area contributed by atoms with Crippen molar-refractivity contribution in [3.05, 3.63) is 58.3 Å². The standard InChI is InChI=1S/C17H17NO2S/c1-10-7-11(2)18-16(15(10)17(19)20)21-9-13-8-12-5-3-4-6-14(12)13/h3-7,13H,8-9H2,1-2H3,(H,19,20). The third-order valence-corrected chi connectivity index (χ3v) is 5.05. The summed E-state index contributed by atoms with van der Waals surface area (Å²) in [6.07, 6.45) is 1.08. The van der Waals surface area contributed by atoms with Crippen molar-refractivity contribution in [1.29, 1.82) is 0 Å². The lowest BCUT2D eigenvalue weighted by molar-refractivity contribution is 0.0691. The van der Waals surface area contributed by atoms with Gasteiger partial charge in [-0.15, -0.1) is 11.8 Å². The Kier molecular flexibility index (Phi) is 3.72. The zero-order valence-corrected chi connectivity index (χ0v) is 12.9. The molecule has 3 nitrogen and oxygen atoms in total. The van der Waals surface area contributed by atoms with Crippen LogP contribution in [0.15, 0.2) is 35.4 Å². The summed E-state index contributed by atoms with van der Waals surface area (Å²) in [4.78, 5) is 15.9. The lowest BCUT2D eigenvalue weighted by Gasteiger charge is -2.29. The van der Waals surface area contributed by atoms with Crippen LogP contribution in [0.4, 0.5) is 0 Å². The lowest BCUT2D eigenvalue weighted by Crippen LogP contribution is -2.19. The molecule has 1 aliphatic rings. The molecule has 0 saturated heterocycles. The largest absolute Gasteiger partial charge is 0.478 e. The van der Waals surface area contributed by atoms with Gasteiger partial charge >= 0.3 is 5.97 Å². The van der Waals surface area contributed by atoms with Crippen LogP contribution in [0.25, 0.3) is 0 Å². The number of aryl methyl sites for hydroxylation is 2. The van der Waals surface area contributed by atoms with E-state index < -0.39 is 5.97 Å². The second-order valence-corrected chi connectivity index (χ2v) is 6.49. The van der Waals surface area contributed by atoms with Crippen LogP contribution in [-0.4, -0.2) is 21.8 Å². The minimum atomic E-state index is -0.892. The van der Waals surface area contributed by atoms with Crippen molar-refractivity contribution in [2.24, 2.45) is 0 Å².